The lowest BCUT2D eigenvalue weighted by Crippen LogP contribution is -1.91. The van der Waals surface area contributed by atoms with Crippen LogP contribution < -0.4 is 0 Å². The minimum Gasteiger partial charge on any atom is -0.496 e. The first-order chi connectivity index (χ1) is 4.75. The van der Waals surface area contributed by atoms with E-state index < -0.39 is 5.95 Å². The quantitative estimate of drug-likeness (QED) is 0.541. The van der Waals surface area contributed by atoms with Gasteiger partial charge in [-0.2, -0.15) is 0 Å². The molecule has 54 valence electrons. The van der Waals surface area contributed by atoms with Crippen LogP contribution in [0.25, 0.3) is 0 Å². The summed E-state index contributed by atoms with van der Waals surface area (Å²) in [7, 11) is 1.47. The Balaban J connectivity index is 2.92. The molecule has 10 heavy (non-hydrogen) atoms. The topological polar surface area (TPSA) is 49.7 Å². The van der Waals surface area contributed by atoms with Gasteiger partial charge in [0.2, 0.25) is 0 Å². The van der Waals surface area contributed by atoms with E-state index >= 15 is 0 Å². The van der Waals surface area contributed by atoms with Gasteiger partial charge < -0.3 is 14.9 Å². The minimum absolute atomic E-state index is 0.322. The largest absolute Gasteiger partial charge is 0.496 e. The van der Waals surface area contributed by atoms with Gasteiger partial charge in [0.05, 0.1) is 12.7 Å². The summed E-state index contributed by atoms with van der Waals surface area (Å²) >= 11 is 0. The molecule has 0 fully saturated rings. The second-order valence-corrected chi connectivity index (χ2v) is 1.83. The van der Waals surface area contributed by atoms with Crippen molar-refractivity contribution in [2.45, 2.75) is 0 Å². The average molecular weight is 140 g/mol. The van der Waals surface area contributed by atoms with E-state index in [1.165, 1.54) is 7.11 Å². The van der Waals surface area contributed by atoms with Gasteiger partial charge in [-0.05, 0) is 12.2 Å². The van der Waals surface area contributed by atoms with Crippen molar-refractivity contribution >= 4 is 0 Å². The fourth-order valence-electron chi connectivity index (χ4n) is 0.766. The molecule has 3 nitrogen and oxygen atoms in total. The normalized spacial score (nSPS) is 15.3. The third-order valence-corrected chi connectivity index (χ3v) is 1.24. The summed E-state index contributed by atoms with van der Waals surface area (Å²) in [6.45, 7) is 0. The molecule has 0 radical (unpaired) electrons. The van der Waals surface area contributed by atoms with Crippen molar-refractivity contribution in [1.82, 2.24) is 0 Å². The maximum absolute atomic E-state index is 8.62. The van der Waals surface area contributed by atoms with Gasteiger partial charge in [-0.1, -0.05) is 6.08 Å². The molecular weight excluding hydrogens is 132 g/mol. The summed E-state index contributed by atoms with van der Waals surface area (Å²) in [5.74, 6) is -0.234. The zero-order valence-corrected chi connectivity index (χ0v) is 5.53. The highest BCUT2D eigenvalue weighted by atomic mass is 16.5. The molecule has 1 aliphatic rings. The van der Waals surface area contributed by atoms with Crippen LogP contribution in [0.15, 0.2) is 35.5 Å². The molecule has 0 amide bonds. The Morgan fingerprint density at radius 3 is 2.60 bits per heavy atom. The lowest BCUT2D eigenvalue weighted by Gasteiger charge is -2.01. The van der Waals surface area contributed by atoms with E-state index in [0.29, 0.717) is 11.3 Å². The summed E-state index contributed by atoms with van der Waals surface area (Å²) in [5, 5.41) is 17.2. The maximum Gasteiger partial charge on any atom is 0.285 e. The highest BCUT2D eigenvalue weighted by Gasteiger charge is 2.10. The first kappa shape index (κ1) is 6.74. The predicted molar refractivity (Wildman–Crippen MR) is 36.5 cm³/mol. The van der Waals surface area contributed by atoms with Gasteiger partial charge in [0.15, 0.2) is 0 Å². The van der Waals surface area contributed by atoms with Gasteiger partial charge in [0, 0.05) is 0 Å². The minimum atomic E-state index is -0.707. The first-order valence-corrected chi connectivity index (χ1v) is 2.80. The Kier molecular flexibility index (Phi) is 1.67. The van der Waals surface area contributed by atoms with Gasteiger partial charge in [-0.25, -0.2) is 0 Å². The van der Waals surface area contributed by atoms with E-state index in [4.69, 9.17) is 14.9 Å². The zero-order valence-electron chi connectivity index (χ0n) is 5.53. The number of aliphatic hydroxyl groups is 2. The van der Waals surface area contributed by atoms with Crippen molar-refractivity contribution in [1.29, 1.82) is 0 Å². The summed E-state index contributed by atoms with van der Waals surface area (Å²) in [6, 6.07) is 0. The smallest absolute Gasteiger partial charge is 0.285 e. The molecular formula is C7H8O3. The average Bonchev–Trinajstić information content (AvgIpc) is 2.33. The van der Waals surface area contributed by atoms with Gasteiger partial charge >= 0.3 is 0 Å². The van der Waals surface area contributed by atoms with Crippen molar-refractivity contribution in [2.75, 3.05) is 7.11 Å². The van der Waals surface area contributed by atoms with Gasteiger partial charge in [-0.15, -0.1) is 0 Å². The van der Waals surface area contributed by atoms with Crippen LogP contribution in [0.5, 0.6) is 0 Å². The lowest BCUT2D eigenvalue weighted by atomic mass is 10.3. The van der Waals surface area contributed by atoms with E-state index in [1.807, 2.05) is 0 Å². The predicted octanol–water partition coefficient (Wildman–Crippen LogP) is 1.41. The standard InChI is InChI=1S/C7H8O3/c1-10-6-4-2-3-5(6)7(8)9/h2-4,8-9H,1H3. The van der Waals surface area contributed by atoms with E-state index in [-0.39, 0.29) is 0 Å². The molecule has 0 bridgehead atoms. The SMILES string of the molecule is COC1=CC=CC1=C(O)O. The van der Waals surface area contributed by atoms with Crippen molar-refractivity contribution in [2.24, 2.45) is 0 Å². The van der Waals surface area contributed by atoms with E-state index in [0.717, 1.165) is 0 Å². The highest BCUT2D eigenvalue weighted by Crippen LogP contribution is 2.19. The molecule has 1 aliphatic carbocycles. The Hall–Kier alpha value is -1.38. The molecule has 0 aromatic carbocycles. The first-order valence-electron chi connectivity index (χ1n) is 2.80. The molecule has 2 N–H and O–H groups in total. The molecule has 0 saturated carbocycles. The second-order valence-electron chi connectivity index (χ2n) is 1.83. The number of aliphatic hydroxyl groups excluding tert-OH is 1. The highest BCUT2D eigenvalue weighted by molar-refractivity contribution is 5.45. The second kappa shape index (κ2) is 2.47. The van der Waals surface area contributed by atoms with Crippen LogP contribution in [-0.4, -0.2) is 17.3 Å². The maximum atomic E-state index is 8.62. The van der Waals surface area contributed by atoms with Crippen LogP contribution in [-0.2, 0) is 4.74 Å². The Morgan fingerprint density at radius 1 is 1.50 bits per heavy atom. The molecule has 0 atom stereocenters. The van der Waals surface area contributed by atoms with Crippen LogP contribution >= 0.6 is 0 Å². The summed E-state index contributed by atoms with van der Waals surface area (Å²) < 4.78 is 4.81. The van der Waals surface area contributed by atoms with Crippen molar-refractivity contribution in [3.05, 3.63) is 35.5 Å². The van der Waals surface area contributed by atoms with E-state index in [2.05, 4.69) is 0 Å². The number of rotatable bonds is 1. The number of ether oxygens (including phenoxy) is 1. The number of hydrogen-bond acceptors (Lipinski definition) is 3. The van der Waals surface area contributed by atoms with Crippen molar-refractivity contribution in [3.63, 3.8) is 0 Å². The molecule has 3 heteroatoms. The van der Waals surface area contributed by atoms with Crippen molar-refractivity contribution in [3.8, 4) is 0 Å². The third-order valence-electron chi connectivity index (χ3n) is 1.24. The Bertz CT molecular complexity index is 219. The van der Waals surface area contributed by atoms with E-state index in [1.54, 1.807) is 18.2 Å². The number of methoxy groups -OCH3 is 1. The van der Waals surface area contributed by atoms with E-state index in [9.17, 15) is 0 Å². The zero-order chi connectivity index (χ0) is 7.56. The number of hydrogen-bond donors (Lipinski definition) is 2. The fourth-order valence-corrected chi connectivity index (χ4v) is 0.766. The molecule has 0 heterocycles. The summed E-state index contributed by atoms with van der Waals surface area (Å²) in [4.78, 5) is 0. The third kappa shape index (κ3) is 0.978. The molecule has 0 spiro atoms. The van der Waals surface area contributed by atoms with Crippen LogP contribution in [0.4, 0.5) is 0 Å². The fraction of sp³-hybridized carbons (Fsp3) is 0.143. The monoisotopic (exact) mass is 140 g/mol. The Morgan fingerprint density at radius 2 is 2.20 bits per heavy atom. The van der Waals surface area contributed by atoms with Gasteiger partial charge in [-0.3, -0.25) is 0 Å². The molecule has 1 rings (SSSR count). The number of allylic oxidation sites excluding steroid dienone is 3. The Labute approximate surface area is 58.6 Å². The van der Waals surface area contributed by atoms with Crippen LogP contribution in [0.1, 0.15) is 0 Å². The van der Waals surface area contributed by atoms with Crippen molar-refractivity contribution < 1.29 is 14.9 Å². The van der Waals surface area contributed by atoms with Crippen LogP contribution in [0.2, 0.25) is 0 Å². The van der Waals surface area contributed by atoms with Gasteiger partial charge in [0.1, 0.15) is 5.76 Å². The van der Waals surface area contributed by atoms with Crippen LogP contribution in [0, 0.1) is 0 Å². The molecule has 0 aromatic rings. The molecule has 0 unspecified atom stereocenters. The summed E-state index contributed by atoms with van der Waals surface area (Å²) in [6.07, 6.45) is 4.90. The van der Waals surface area contributed by atoms with Crippen LogP contribution in [0.3, 0.4) is 0 Å². The molecule has 0 saturated heterocycles. The molecule has 0 aromatic heterocycles. The lowest BCUT2D eigenvalue weighted by molar-refractivity contribution is 0.181. The van der Waals surface area contributed by atoms with Gasteiger partial charge in [0.25, 0.3) is 5.95 Å². The summed E-state index contributed by atoms with van der Waals surface area (Å²) in [5.41, 5.74) is 0.322. The molecule has 0 aliphatic heterocycles.